The Bertz CT molecular complexity index is 1570. The number of hydrogen-bond donors (Lipinski definition) is 2. The van der Waals surface area contributed by atoms with Crippen molar-refractivity contribution in [2.24, 2.45) is 0 Å². The maximum atomic E-state index is 13.8. The molecule has 220 valence electrons. The highest BCUT2D eigenvalue weighted by Gasteiger charge is 2.40. The number of fused-ring (bicyclic) bond motifs is 2. The SMILES string of the molecule is COC1Cc2nc(C(=O)N3CCN(S(=O)(=O)c4cc5cc(Cl)ccc5[nH]4)CC3CC(=O)N3CCOCC3)sc2CN1. The third kappa shape index (κ3) is 5.74. The zero-order valence-electron chi connectivity index (χ0n) is 22.5. The first kappa shape index (κ1) is 28.5. The summed E-state index contributed by atoms with van der Waals surface area (Å²) in [5.41, 5.74) is 1.48. The van der Waals surface area contributed by atoms with E-state index < -0.39 is 16.1 Å². The number of nitrogens with zero attached hydrogens (tertiary/aromatic N) is 4. The summed E-state index contributed by atoms with van der Waals surface area (Å²) in [4.78, 5) is 39.0. The highest BCUT2D eigenvalue weighted by atomic mass is 35.5. The predicted molar refractivity (Wildman–Crippen MR) is 152 cm³/mol. The molecule has 0 aliphatic carbocycles. The van der Waals surface area contributed by atoms with Gasteiger partial charge in [-0.05, 0) is 24.3 Å². The third-order valence-electron chi connectivity index (χ3n) is 7.77. The number of halogens is 1. The number of carbonyl (C=O) groups is 2. The van der Waals surface area contributed by atoms with E-state index in [2.05, 4.69) is 15.3 Å². The van der Waals surface area contributed by atoms with Gasteiger partial charge in [-0.1, -0.05) is 11.6 Å². The zero-order chi connectivity index (χ0) is 28.7. The van der Waals surface area contributed by atoms with Gasteiger partial charge in [0.25, 0.3) is 15.9 Å². The van der Waals surface area contributed by atoms with E-state index in [1.165, 1.54) is 15.6 Å². The largest absolute Gasteiger partial charge is 0.378 e. The summed E-state index contributed by atoms with van der Waals surface area (Å²) in [6.07, 6.45) is 0.384. The predicted octanol–water partition coefficient (Wildman–Crippen LogP) is 1.66. The molecule has 3 aromatic rings. The number of amides is 2. The maximum absolute atomic E-state index is 13.8. The smallest absolute Gasteiger partial charge is 0.283 e. The number of carbonyl (C=O) groups excluding carboxylic acids is 2. The minimum absolute atomic E-state index is 0.00152. The first-order valence-corrected chi connectivity index (χ1v) is 16.1. The molecule has 2 fully saturated rings. The fraction of sp³-hybridized carbons (Fsp3) is 0.500. The Morgan fingerprint density at radius 3 is 2.78 bits per heavy atom. The topological polar surface area (TPSA) is 137 Å². The van der Waals surface area contributed by atoms with Gasteiger partial charge in [0.2, 0.25) is 5.91 Å². The molecular weight excluding hydrogens is 592 g/mol. The second-order valence-corrected chi connectivity index (χ2v) is 13.7. The standard InChI is InChI=1S/C26H31ClN6O6S2/c1-38-22-13-20-21(14-28-22)40-25(30-20)26(35)33-5-4-32(15-18(33)12-24(34)31-6-8-39-9-7-31)41(36,37)23-11-16-10-17(27)2-3-19(16)29-23/h2-3,10-11,18,22,28-29H,4-9,12-15H2,1H3. The van der Waals surface area contributed by atoms with E-state index in [0.717, 1.165) is 10.6 Å². The molecule has 2 saturated heterocycles. The molecule has 15 heteroatoms. The monoisotopic (exact) mass is 622 g/mol. The van der Waals surface area contributed by atoms with Crippen molar-refractivity contribution in [3.05, 3.63) is 44.9 Å². The lowest BCUT2D eigenvalue weighted by atomic mass is 10.1. The van der Waals surface area contributed by atoms with Crippen molar-refractivity contribution in [3.8, 4) is 0 Å². The van der Waals surface area contributed by atoms with Crippen molar-refractivity contribution >= 4 is 55.7 Å². The molecule has 0 spiro atoms. The lowest BCUT2D eigenvalue weighted by molar-refractivity contribution is -0.136. The summed E-state index contributed by atoms with van der Waals surface area (Å²) in [6.45, 7) is 2.59. The Labute approximate surface area is 246 Å². The number of sulfonamides is 1. The van der Waals surface area contributed by atoms with Gasteiger partial charge in [0.15, 0.2) is 5.01 Å². The number of thiazole rings is 1. The van der Waals surface area contributed by atoms with Crippen LogP contribution in [0.3, 0.4) is 0 Å². The Kier molecular flexibility index (Phi) is 8.06. The molecule has 2 N–H and O–H groups in total. The summed E-state index contributed by atoms with van der Waals surface area (Å²) >= 11 is 7.42. The first-order valence-electron chi connectivity index (χ1n) is 13.4. The summed E-state index contributed by atoms with van der Waals surface area (Å²) in [5.74, 6) is -0.434. The van der Waals surface area contributed by atoms with Crippen molar-refractivity contribution in [2.75, 3.05) is 53.0 Å². The summed E-state index contributed by atoms with van der Waals surface area (Å²) in [6, 6.07) is 6.02. The number of hydrogen-bond acceptors (Lipinski definition) is 9. The molecule has 2 amide bonds. The van der Waals surface area contributed by atoms with E-state index in [1.807, 2.05) is 0 Å². The van der Waals surface area contributed by atoms with E-state index in [0.29, 0.717) is 60.2 Å². The van der Waals surface area contributed by atoms with Crippen LogP contribution in [0.2, 0.25) is 5.02 Å². The van der Waals surface area contributed by atoms with Gasteiger partial charge in [-0.3, -0.25) is 14.9 Å². The minimum atomic E-state index is -3.94. The molecule has 12 nitrogen and oxygen atoms in total. The number of benzene rings is 1. The van der Waals surface area contributed by atoms with Crippen LogP contribution >= 0.6 is 22.9 Å². The molecule has 6 rings (SSSR count). The van der Waals surface area contributed by atoms with Crippen molar-refractivity contribution < 1.29 is 27.5 Å². The molecule has 2 aromatic heterocycles. The van der Waals surface area contributed by atoms with Gasteiger partial charge in [-0.2, -0.15) is 4.31 Å². The number of H-pyrrole nitrogens is 1. The van der Waals surface area contributed by atoms with Gasteiger partial charge in [0.1, 0.15) is 11.3 Å². The van der Waals surface area contributed by atoms with Crippen LogP contribution in [0.5, 0.6) is 0 Å². The highest BCUT2D eigenvalue weighted by Crippen LogP contribution is 2.29. The number of ether oxygens (including phenoxy) is 2. The van der Waals surface area contributed by atoms with Gasteiger partial charge in [-0.25, -0.2) is 13.4 Å². The molecule has 3 aliphatic heterocycles. The average molecular weight is 623 g/mol. The Balaban J connectivity index is 1.26. The number of rotatable bonds is 6. The maximum Gasteiger partial charge on any atom is 0.283 e. The van der Waals surface area contributed by atoms with Crippen molar-refractivity contribution in [1.29, 1.82) is 0 Å². The molecule has 41 heavy (non-hydrogen) atoms. The fourth-order valence-electron chi connectivity index (χ4n) is 5.50. The average Bonchev–Trinajstić information content (AvgIpc) is 3.61. The number of nitrogens with one attached hydrogen (secondary N) is 2. The van der Waals surface area contributed by atoms with Crippen molar-refractivity contribution in [1.82, 2.24) is 29.4 Å². The van der Waals surface area contributed by atoms with Crippen LogP contribution < -0.4 is 5.32 Å². The second-order valence-electron chi connectivity index (χ2n) is 10.3. The Hall–Kier alpha value is -2.59. The molecule has 0 bridgehead atoms. The van der Waals surface area contributed by atoms with Crippen LogP contribution in [0.4, 0.5) is 0 Å². The van der Waals surface area contributed by atoms with E-state index in [4.69, 9.17) is 21.1 Å². The number of aromatic nitrogens is 2. The van der Waals surface area contributed by atoms with E-state index in [-0.39, 0.29) is 49.1 Å². The van der Waals surface area contributed by atoms with Crippen LogP contribution in [-0.2, 0) is 37.3 Å². The van der Waals surface area contributed by atoms with Gasteiger partial charge in [0.05, 0.1) is 24.9 Å². The molecular formula is C26H31ClN6O6S2. The minimum Gasteiger partial charge on any atom is -0.378 e. The number of methoxy groups -OCH3 is 1. The lowest BCUT2D eigenvalue weighted by Gasteiger charge is -2.41. The van der Waals surface area contributed by atoms with Crippen molar-refractivity contribution in [3.63, 3.8) is 0 Å². The second kappa shape index (κ2) is 11.6. The molecule has 0 radical (unpaired) electrons. The molecule has 5 heterocycles. The highest BCUT2D eigenvalue weighted by molar-refractivity contribution is 7.89. The zero-order valence-corrected chi connectivity index (χ0v) is 24.9. The quantitative estimate of drug-likeness (QED) is 0.424. The van der Waals surface area contributed by atoms with Gasteiger partial charge >= 0.3 is 0 Å². The molecule has 3 aliphatic rings. The number of morpholine rings is 1. The van der Waals surface area contributed by atoms with Crippen LogP contribution in [0.1, 0.15) is 26.8 Å². The lowest BCUT2D eigenvalue weighted by Crippen LogP contribution is -2.58. The van der Waals surface area contributed by atoms with Crippen LogP contribution in [-0.4, -0.2) is 110 Å². The van der Waals surface area contributed by atoms with Gasteiger partial charge in [0, 0.05) is 80.0 Å². The van der Waals surface area contributed by atoms with E-state index >= 15 is 0 Å². The van der Waals surface area contributed by atoms with Crippen LogP contribution in [0, 0.1) is 0 Å². The summed E-state index contributed by atoms with van der Waals surface area (Å²) in [5, 5.41) is 4.82. The fourth-order valence-corrected chi connectivity index (χ4v) is 8.16. The Morgan fingerprint density at radius 2 is 2.00 bits per heavy atom. The number of piperazine rings is 1. The van der Waals surface area contributed by atoms with E-state index in [9.17, 15) is 18.0 Å². The molecule has 2 atom stereocenters. The van der Waals surface area contributed by atoms with Gasteiger partial charge < -0.3 is 24.3 Å². The van der Waals surface area contributed by atoms with E-state index in [1.54, 1.807) is 41.2 Å². The molecule has 0 saturated carbocycles. The Morgan fingerprint density at radius 1 is 1.20 bits per heavy atom. The molecule has 1 aromatic carbocycles. The normalized spacial score (nSPS) is 22.2. The number of aromatic amines is 1. The van der Waals surface area contributed by atoms with Crippen LogP contribution in [0.25, 0.3) is 10.9 Å². The third-order valence-corrected chi connectivity index (χ3v) is 10.9. The summed E-state index contributed by atoms with van der Waals surface area (Å²) in [7, 11) is -2.32. The molecule has 2 unspecified atom stereocenters. The van der Waals surface area contributed by atoms with Crippen molar-refractivity contribution in [2.45, 2.75) is 36.7 Å². The van der Waals surface area contributed by atoms with Crippen LogP contribution in [0.15, 0.2) is 29.3 Å². The van der Waals surface area contributed by atoms with Gasteiger partial charge in [-0.15, -0.1) is 11.3 Å². The first-order chi connectivity index (χ1) is 19.7. The summed E-state index contributed by atoms with van der Waals surface area (Å²) < 4.78 is 39.6.